The van der Waals surface area contributed by atoms with E-state index in [0.29, 0.717) is 12.8 Å². The van der Waals surface area contributed by atoms with Crippen LogP contribution >= 0.6 is 0 Å². The summed E-state index contributed by atoms with van der Waals surface area (Å²) in [6, 6.07) is 0. The van der Waals surface area contributed by atoms with E-state index >= 15 is 0 Å². The Morgan fingerprint density at radius 1 is 0.714 bits per heavy atom. The minimum Gasteiger partial charge on any atom is -0.459 e. The van der Waals surface area contributed by atoms with Gasteiger partial charge in [-0.25, -0.2) is 9.59 Å². The third-order valence-electron chi connectivity index (χ3n) is 3.27. The molecule has 2 unspecified atom stereocenters. The fourth-order valence-corrected chi connectivity index (χ4v) is 1.81. The lowest BCUT2D eigenvalue weighted by Crippen LogP contribution is -2.23. The first kappa shape index (κ1) is 25.4. The van der Waals surface area contributed by atoms with E-state index in [1.807, 2.05) is 0 Å². The van der Waals surface area contributed by atoms with Gasteiger partial charge in [-0.05, 0) is 40.5 Å². The topological polar surface area (TPSA) is 105 Å². The molecule has 0 saturated carbocycles. The Morgan fingerprint density at radius 2 is 1.04 bits per heavy atom. The molecule has 2 atom stereocenters. The van der Waals surface area contributed by atoms with Crippen molar-refractivity contribution in [2.75, 3.05) is 13.2 Å². The average Bonchev–Trinajstić information content (AvgIpc) is 2.60. The molecule has 0 aromatic rings. The molecule has 0 aromatic heterocycles. The van der Waals surface area contributed by atoms with Crippen LogP contribution in [0, 0.1) is 0 Å². The second kappa shape index (κ2) is 13.5. The van der Waals surface area contributed by atoms with Gasteiger partial charge in [-0.3, -0.25) is 9.59 Å². The molecule has 0 spiro atoms. The molecule has 0 heterocycles. The minimum absolute atomic E-state index is 0.0440. The molecule has 0 radical (unpaired) electrons. The van der Waals surface area contributed by atoms with Crippen LogP contribution < -0.4 is 0 Å². The first-order chi connectivity index (χ1) is 13.0. The van der Waals surface area contributed by atoms with Gasteiger partial charge < -0.3 is 18.9 Å². The van der Waals surface area contributed by atoms with Gasteiger partial charge in [0.05, 0.1) is 0 Å². The summed E-state index contributed by atoms with van der Waals surface area (Å²) in [4.78, 5) is 45.9. The molecule has 0 aliphatic rings. The van der Waals surface area contributed by atoms with Gasteiger partial charge in [0.25, 0.3) is 0 Å². The molecule has 0 aromatic carbocycles. The van der Waals surface area contributed by atoms with E-state index < -0.39 is 36.1 Å². The molecule has 8 heteroatoms. The molecule has 0 fully saturated rings. The van der Waals surface area contributed by atoms with Gasteiger partial charge in [-0.2, -0.15) is 0 Å². The van der Waals surface area contributed by atoms with Crippen LogP contribution in [-0.2, 0) is 38.1 Å². The van der Waals surface area contributed by atoms with Gasteiger partial charge >= 0.3 is 23.9 Å². The van der Waals surface area contributed by atoms with Crippen molar-refractivity contribution < 1.29 is 38.1 Å². The molecular formula is C20H30O8. The summed E-state index contributed by atoms with van der Waals surface area (Å²) in [6.45, 7) is 13.1. The maximum Gasteiger partial charge on any atom is 0.333 e. The van der Waals surface area contributed by atoms with Crippen LogP contribution in [0.5, 0.6) is 0 Å². The van der Waals surface area contributed by atoms with Crippen LogP contribution in [0.25, 0.3) is 0 Å². The van der Waals surface area contributed by atoms with E-state index in [1.165, 1.54) is 13.8 Å². The van der Waals surface area contributed by atoms with E-state index in [4.69, 9.17) is 18.9 Å². The smallest absolute Gasteiger partial charge is 0.333 e. The lowest BCUT2D eigenvalue weighted by Gasteiger charge is -2.14. The Balaban J connectivity index is 3.87. The largest absolute Gasteiger partial charge is 0.459 e. The van der Waals surface area contributed by atoms with Crippen LogP contribution in [0.1, 0.15) is 53.4 Å². The summed E-state index contributed by atoms with van der Waals surface area (Å²) < 4.78 is 20.0. The monoisotopic (exact) mass is 398 g/mol. The first-order valence-corrected chi connectivity index (χ1v) is 9.07. The molecule has 0 bridgehead atoms. The number of carbonyl (C=O) groups is 4. The molecule has 8 nitrogen and oxygen atoms in total. The summed E-state index contributed by atoms with van der Waals surface area (Å²) in [5.41, 5.74) is 0.544. The molecule has 0 aliphatic carbocycles. The molecule has 158 valence electrons. The Labute approximate surface area is 165 Å². The summed E-state index contributed by atoms with van der Waals surface area (Å²) in [5, 5.41) is 0. The summed E-state index contributed by atoms with van der Waals surface area (Å²) in [7, 11) is 0. The quantitative estimate of drug-likeness (QED) is 0.202. The van der Waals surface area contributed by atoms with Gasteiger partial charge in [0.2, 0.25) is 0 Å². The van der Waals surface area contributed by atoms with Crippen molar-refractivity contribution in [2.24, 2.45) is 0 Å². The van der Waals surface area contributed by atoms with E-state index in [1.54, 1.807) is 13.8 Å². The SMILES string of the molecule is C=C(C)C(=O)OCC(C)OC(=O)CCCCC(=O)OC(C)COC(=O)C(=C)C. The van der Waals surface area contributed by atoms with Crippen molar-refractivity contribution in [3.05, 3.63) is 24.3 Å². The molecule has 0 saturated heterocycles. The van der Waals surface area contributed by atoms with E-state index in [0.717, 1.165) is 0 Å². The highest BCUT2D eigenvalue weighted by Crippen LogP contribution is 2.07. The van der Waals surface area contributed by atoms with Crippen LogP contribution in [0.3, 0.4) is 0 Å². The van der Waals surface area contributed by atoms with Crippen LogP contribution in [-0.4, -0.2) is 49.3 Å². The van der Waals surface area contributed by atoms with Gasteiger partial charge in [0, 0.05) is 24.0 Å². The molecule has 0 aliphatic heterocycles. The van der Waals surface area contributed by atoms with Crippen molar-refractivity contribution >= 4 is 23.9 Å². The summed E-state index contributed by atoms with van der Waals surface area (Å²) in [5.74, 6) is -1.95. The van der Waals surface area contributed by atoms with Crippen molar-refractivity contribution in [3.8, 4) is 0 Å². The zero-order valence-corrected chi connectivity index (χ0v) is 17.1. The van der Waals surface area contributed by atoms with Crippen molar-refractivity contribution in [2.45, 2.75) is 65.6 Å². The van der Waals surface area contributed by atoms with Crippen molar-refractivity contribution in [3.63, 3.8) is 0 Å². The molecule has 0 rings (SSSR count). The standard InChI is InChI=1S/C20H30O8/c1-13(2)19(23)25-11-15(5)27-17(21)9-7-8-10-18(22)28-16(6)12-26-20(24)14(3)4/h15-16H,1,3,7-12H2,2,4-6H3. The summed E-state index contributed by atoms with van der Waals surface area (Å²) in [6.07, 6.45) is 0.0404. The lowest BCUT2D eigenvalue weighted by atomic mass is 10.2. The first-order valence-electron chi connectivity index (χ1n) is 9.07. The number of ether oxygens (including phenoxy) is 4. The zero-order chi connectivity index (χ0) is 21.7. The van der Waals surface area contributed by atoms with Gasteiger partial charge in [0.1, 0.15) is 25.4 Å². The summed E-state index contributed by atoms with van der Waals surface area (Å²) >= 11 is 0. The molecule has 28 heavy (non-hydrogen) atoms. The van der Waals surface area contributed by atoms with Crippen molar-refractivity contribution in [1.82, 2.24) is 0 Å². The number of rotatable bonds is 13. The highest BCUT2D eigenvalue weighted by molar-refractivity contribution is 5.87. The maximum atomic E-state index is 11.7. The second-order valence-electron chi connectivity index (χ2n) is 6.57. The number of hydrogen-bond donors (Lipinski definition) is 0. The predicted molar refractivity (Wildman–Crippen MR) is 101 cm³/mol. The molecular weight excluding hydrogens is 368 g/mol. The van der Waals surface area contributed by atoms with Crippen LogP contribution in [0.4, 0.5) is 0 Å². The Hall–Kier alpha value is -2.64. The minimum atomic E-state index is -0.566. The predicted octanol–water partition coefficient (Wildman–Crippen LogP) is 2.65. The second-order valence-corrected chi connectivity index (χ2v) is 6.57. The van der Waals surface area contributed by atoms with Crippen molar-refractivity contribution in [1.29, 1.82) is 0 Å². The number of esters is 4. The normalized spacial score (nSPS) is 12.3. The van der Waals surface area contributed by atoms with Crippen LogP contribution in [0.2, 0.25) is 0 Å². The van der Waals surface area contributed by atoms with Gasteiger partial charge in [-0.15, -0.1) is 0 Å². The van der Waals surface area contributed by atoms with Crippen LogP contribution in [0.15, 0.2) is 24.3 Å². The Kier molecular flexibility index (Phi) is 12.2. The highest BCUT2D eigenvalue weighted by atomic mass is 16.6. The third-order valence-corrected chi connectivity index (χ3v) is 3.27. The molecule has 0 amide bonds. The van der Waals surface area contributed by atoms with E-state index in [2.05, 4.69) is 13.2 Å². The number of unbranched alkanes of at least 4 members (excludes halogenated alkanes) is 1. The van der Waals surface area contributed by atoms with E-state index in [-0.39, 0.29) is 37.2 Å². The van der Waals surface area contributed by atoms with E-state index in [9.17, 15) is 19.2 Å². The fourth-order valence-electron chi connectivity index (χ4n) is 1.81. The lowest BCUT2D eigenvalue weighted by molar-refractivity contribution is -0.157. The number of hydrogen-bond acceptors (Lipinski definition) is 8. The zero-order valence-electron chi connectivity index (χ0n) is 17.1. The van der Waals surface area contributed by atoms with Gasteiger partial charge in [-0.1, -0.05) is 13.2 Å². The number of carbonyl (C=O) groups excluding carboxylic acids is 4. The Morgan fingerprint density at radius 3 is 1.32 bits per heavy atom. The Bertz CT molecular complexity index is 541. The maximum absolute atomic E-state index is 11.7. The molecule has 0 N–H and O–H groups in total. The fraction of sp³-hybridized carbons (Fsp3) is 0.600. The highest BCUT2D eigenvalue weighted by Gasteiger charge is 2.14. The average molecular weight is 398 g/mol. The van der Waals surface area contributed by atoms with Gasteiger partial charge in [0.15, 0.2) is 0 Å². The third kappa shape index (κ3) is 12.7.